The third-order valence-corrected chi connectivity index (χ3v) is 4.32. The topological polar surface area (TPSA) is 140 Å². The van der Waals surface area contributed by atoms with E-state index in [2.05, 4.69) is 20.8 Å². The number of nitrogens with zero attached hydrogens (tertiary/aromatic N) is 3. The smallest absolute Gasteiger partial charge is 0.316 e. The van der Waals surface area contributed by atoms with Crippen molar-refractivity contribution in [1.29, 1.82) is 0 Å². The van der Waals surface area contributed by atoms with E-state index in [1.807, 2.05) is 25.1 Å². The lowest BCUT2D eigenvalue weighted by Gasteiger charge is -2.06. The van der Waals surface area contributed by atoms with Crippen LogP contribution in [0, 0.1) is 17.0 Å². The molecule has 0 saturated heterocycles. The maximum absolute atomic E-state index is 12.1. The molecule has 0 spiro atoms. The summed E-state index contributed by atoms with van der Waals surface area (Å²) in [6, 6.07) is 11.2. The van der Waals surface area contributed by atoms with Gasteiger partial charge in [-0.25, -0.2) is 0 Å². The monoisotopic (exact) mass is 429 g/mol. The van der Waals surface area contributed by atoms with Crippen LogP contribution in [0.25, 0.3) is 11.4 Å². The number of rotatable bonds is 7. The Hall–Kier alpha value is -3.79. The highest BCUT2D eigenvalue weighted by molar-refractivity contribution is 6.32. The predicted molar refractivity (Wildman–Crippen MR) is 107 cm³/mol. The van der Waals surface area contributed by atoms with Crippen molar-refractivity contribution in [2.45, 2.75) is 6.92 Å². The van der Waals surface area contributed by atoms with Crippen LogP contribution in [0.15, 0.2) is 47.0 Å². The van der Waals surface area contributed by atoms with Crippen molar-refractivity contribution in [3.05, 3.63) is 74.6 Å². The van der Waals surface area contributed by atoms with Gasteiger partial charge in [-0.3, -0.25) is 19.7 Å². The van der Waals surface area contributed by atoms with Crippen LogP contribution in [0.4, 0.5) is 5.69 Å². The number of amides is 2. The normalized spacial score (nSPS) is 10.5. The van der Waals surface area contributed by atoms with E-state index in [4.69, 9.17) is 16.1 Å². The Kier molecular flexibility index (Phi) is 6.38. The lowest BCUT2D eigenvalue weighted by molar-refractivity contribution is -0.384. The van der Waals surface area contributed by atoms with Gasteiger partial charge in [-0.1, -0.05) is 40.5 Å². The van der Waals surface area contributed by atoms with Crippen molar-refractivity contribution in [3.63, 3.8) is 0 Å². The average molecular weight is 430 g/mol. The first-order valence-electron chi connectivity index (χ1n) is 8.76. The summed E-state index contributed by atoms with van der Waals surface area (Å²) >= 11 is 5.72. The van der Waals surface area contributed by atoms with Crippen LogP contribution in [0.5, 0.6) is 0 Å². The van der Waals surface area contributed by atoms with E-state index < -0.39 is 16.7 Å². The average Bonchev–Trinajstić information content (AvgIpc) is 3.21. The fraction of sp³-hybridized carbons (Fsp3) is 0.158. The van der Waals surface area contributed by atoms with Gasteiger partial charge in [-0.05, 0) is 25.1 Å². The second-order valence-electron chi connectivity index (χ2n) is 6.23. The van der Waals surface area contributed by atoms with Gasteiger partial charge in [0, 0.05) is 30.3 Å². The summed E-state index contributed by atoms with van der Waals surface area (Å²) in [6.07, 6.45) is 0. The second kappa shape index (κ2) is 9.14. The van der Waals surface area contributed by atoms with E-state index in [1.165, 1.54) is 12.1 Å². The molecule has 2 amide bonds. The summed E-state index contributed by atoms with van der Waals surface area (Å²) < 4.78 is 4.98. The molecule has 0 radical (unpaired) electrons. The lowest BCUT2D eigenvalue weighted by atomic mass is 10.1. The van der Waals surface area contributed by atoms with Gasteiger partial charge in [0.2, 0.25) is 5.82 Å². The first kappa shape index (κ1) is 20.9. The van der Waals surface area contributed by atoms with Crippen LogP contribution in [-0.2, 0) is 0 Å². The van der Waals surface area contributed by atoms with Gasteiger partial charge in [0.05, 0.1) is 4.92 Å². The highest BCUT2D eigenvalue weighted by atomic mass is 35.5. The van der Waals surface area contributed by atoms with Crippen LogP contribution < -0.4 is 10.6 Å². The molecule has 154 valence electrons. The van der Waals surface area contributed by atoms with Crippen LogP contribution in [0.1, 0.15) is 26.6 Å². The Morgan fingerprint density at radius 1 is 1.13 bits per heavy atom. The van der Waals surface area contributed by atoms with Gasteiger partial charge in [0.25, 0.3) is 11.6 Å². The zero-order chi connectivity index (χ0) is 21.7. The zero-order valence-corrected chi connectivity index (χ0v) is 16.5. The van der Waals surface area contributed by atoms with Crippen molar-refractivity contribution >= 4 is 29.1 Å². The number of aromatic nitrogens is 2. The van der Waals surface area contributed by atoms with Gasteiger partial charge >= 0.3 is 11.8 Å². The Bertz CT molecular complexity index is 1110. The van der Waals surface area contributed by atoms with Crippen LogP contribution in [0.3, 0.4) is 0 Å². The van der Waals surface area contributed by atoms with E-state index in [-0.39, 0.29) is 35.3 Å². The highest BCUT2D eigenvalue weighted by Crippen LogP contribution is 2.25. The molecule has 30 heavy (non-hydrogen) atoms. The SMILES string of the molecule is Cc1cccc(-c2noc(C(=O)NCCNC(=O)c3ccc(Cl)c([N+](=O)[O-])c3)n2)c1. The number of halogens is 1. The molecular weight excluding hydrogens is 414 g/mol. The molecule has 0 aliphatic heterocycles. The van der Waals surface area contributed by atoms with Gasteiger partial charge < -0.3 is 15.2 Å². The quantitative estimate of drug-likeness (QED) is 0.334. The molecule has 0 aliphatic rings. The fourth-order valence-electron chi connectivity index (χ4n) is 2.54. The molecule has 3 rings (SSSR count). The van der Waals surface area contributed by atoms with E-state index in [0.29, 0.717) is 5.82 Å². The molecule has 1 aromatic heterocycles. The number of benzene rings is 2. The second-order valence-corrected chi connectivity index (χ2v) is 6.63. The summed E-state index contributed by atoms with van der Waals surface area (Å²) in [7, 11) is 0. The van der Waals surface area contributed by atoms with E-state index in [1.54, 1.807) is 6.07 Å². The molecule has 3 aromatic rings. The minimum absolute atomic E-state index is 0.0617. The standard InChI is InChI=1S/C19H16ClN5O5/c1-11-3-2-4-12(9-11)16-23-19(30-24-16)18(27)22-8-7-21-17(26)13-5-6-14(20)15(10-13)25(28)29/h2-6,9-10H,7-8H2,1H3,(H,21,26)(H,22,27). The number of hydrogen-bond acceptors (Lipinski definition) is 7. The molecule has 0 aliphatic carbocycles. The van der Waals surface area contributed by atoms with Crippen molar-refractivity contribution in [2.75, 3.05) is 13.1 Å². The summed E-state index contributed by atoms with van der Waals surface area (Å²) in [5.41, 5.74) is 1.46. The molecule has 0 saturated carbocycles. The Morgan fingerprint density at radius 2 is 1.87 bits per heavy atom. The largest absolute Gasteiger partial charge is 0.350 e. The van der Waals surface area contributed by atoms with E-state index >= 15 is 0 Å². The minimum atomic E-state index is -0.672. The minimum Gasteiger partial charge on any atom is -0.350 e. The number of aryl methyl sites for hydroxylation is 1. The van der Waals surface area contributed by atoms with Crippen molar-refractivity contribution in [3.8, 4) is 11.4 Å². The maximum atomic E-state index is 12.1. The number of nitro benzene ring substituents is 1. The summed E-state index contributed by atoms with van der Waals surface area (Å²) in [5, 5.41) is 19.7. The first-order chi connectivity index (χ1) is 14.3. The number of carbonyl (C=O) groups excluding carboxylic acids is 2. The van der Waals surface area contributed by atoms with Gasteiger partial charge in [-0.15, -0.1) is 0 Å². The lowest BCUT2D eigenvalue weighted by Crippen LogP contribution is -2.34. The van der Waals surface area contributed by atoms with Crippen molar-refractivity contribution in [1.82, 2.24) is 20.8 Å². The number of nitrogens with one attached hydrogen (secondary N) is 2. The number of nitro groups is 1. The molecule has 2 N–H and O–H groups in total. The molecule has 0 fully saturated rings. The van der Waals surface area contributed by atoms with E-state index in [0.717, 1.165) is 17.2 Å². The molecule has 2 aromatic carbocycles. The highest BCUT2D eigenvalue weighted by Gasteiger charge is 2.17. The number of carbonyl (C=O) groups is 2. The summed E-state index contributed by atoms with van der Waals surface area (Å²) in [4.78, 5) is 38.5. The molecule has 0 atom stereocenters. The Morgan fingerprint density at radius 3 is 2.57 bits per heavy atom. The maximum Gasteiger partial charge on any atom is 0.316 e. The molecule has 11 heteroatoms. The summed E-state index contributed by atoms with van der Waals surface area (Å²) in [5.74, 6) is -1.03. The van der Waals surface area contributed by atoms with Crippen LogP contribution >= 0.6 is 11.6 Å². The third kappa shape index (κ3) is 4.97. The Balaban J connectivity index is 1.51. The fourth-order valence-corrected chi connectivity index (χ4v) is 2.73. The molecular formula is C19H16ClN5O5. The van der Waals surface area contributed by atoms with E-state index in [9.17, 15) is 19.7 Å². The van der Waals surface area contributed by atoms with Gasteiger partial charge in [-0.2, -0.15) is 4.98 Å². The van der Waals surface area contributed by atoms with Crippen LogP contribution in [0.2, 0.25) is 5.02 Å². The predicted octanol–water partition coefficient (Wildman–Crippen LogP) is 2.77. The first-order valence-corrected chi connectivity index (χ1v) is 9.14. The zero-order valence-electron chi connectivity index (χ0n) is 15.7. The van der Waals surface area contributed by atoms with Crippen LogP contribution in [-0.4, -0.2) is 40.0 Å². The summed E-state index contributed by atoms with van der Waals surface area (Å²) in [6.45, 7) is 2.09. The van der Waals surface area contributed by atoms with Crippen molar-refractivity contribution < 1.29 is 19.0 Å². The Labute approximate surface area is 175 Å². The molecule has 0 unspecified atom stereocenters. The molecule has 10 nitrogen and oxygen atoms in total. The molecule has 1 heterocycles. The van der Waals surface area contributed by atoms with Gasteiger partial charge in [0.15, 0.2) is 0 Å². The molecule has 0 bridgehead atoms. The van der Waals surface area contributed by atoms with Gasteiger partial charge in [0.1, 0.15) is 5.02 Å². The third-order valence-electron chi connectivity index (χ3n) is 4.00. The number of hydrogen-bond donors (Lipinski definition) is 2. The van der Waals surface area contributed by atoms with Crippen molar-refractivity contribution in [2.24, 2.45) is 0 Å².